The van der Waals surface area contributed by atoms with Crippen molar-refractivity contribution in [2.45, 2.75) is 38.3 Å². The lowest BCUT2D eigenvalue weighted by Gasteiger charge is -2.26. The molecule has 0 aliphatic carbocycles. The van der Waals surface area contributed by atoms with Crippen LogP contribution in [0.15, 0.2) is 10.9 Å². The minimum absolute atomic E-state index is 0.251. The van der Waals surface area contributed by atoms with E-state index < -0.39 is 0 Å². The van der Waals surface area contributed by atoms with E-state index in [2.05, 4.69) is 15.3 Å². The van der Waals surface area contributed by atoms with Crippen molar-refractivity contribution in [1.29, 1.82) is 0 Å². The van der Waals surface area contributed by atoms with E-state index >= 15 is 0 Å². The molecule has 1 amide bonds. The molecule has 116 valence electrons. The third-order valence-electron chi connectivity index (χ3n) is 4.17. The number of aromatic nitrogens is 1. The van der Waals surface area contributed by atoms with Gasteiger partial charge in [0.15, 0.2) is 0 Å². The van der Waals surface area contributed by atoms with Crippen LogP contribution in [0, 0.1) is 0 Å². The highest BCUT2D eigenvalue weighted by atomic mass is 32.1. The first kappa shape index (κ1) is 14.9. The SMILES string of the molecule is O=C(CN(Cc1cscn1)C[C@H]1CCCO1)N1CCCC1. The average molecular weight is 309 g/mol. The van der Waals surface area contributed by atoms with Crippen LogP contribution in [0.2, 0.25) is 0 Å². The predicted octanol–water partition coefficient (Wildman–Crippen LogP) is 1.75. The average Bonchev–Trinajstić information content (AvgIpc) is 3.22. The third-order valence-corrected chi connectivity index (χ3v) is 4.81. The van der Waals surface area contributed by atoms with Crippen LogP contribution in [0.5, 0.6) is 0 Å². The number of hydrogen-bond donors (Lipinski definition) is 0. The molecule has 1 atom stereocenters. The molecule has 21 heavy (non-hydrogen) atoms. The van der Waals surface area contributed by atoms with E-state index in [1.54, 1.807) is 11.3 Å². The second kappa shape index (κ2) is 7.33. The van der Waals surface area contributed by atoms with Crippen molar-refractivity contribution in [3.63, 3.8) is 0 Å². The summed E-state index contributed by atoms with van der Waals surface area (Å²) in [5, 5.41) is 2.06. The zero-order chi connectivity index (χ0) is 14.5. The number of rotatable bonds is 6. The van der Waals surface area contributed by atoms with Gasteiger partial charge in [0.05, 0.1) is 23.9 Å². The molecule has 2 aliphatic rings. The van der Waals surface area contributed by atoms with Gasteiger partial charge in [-0.3, -0.25) is 9.69 Å². The van der Waals surface area contributed by atoms with Crippen LogP contribution in [0.4, 0.5) is 0 Å². The molecule has 1 aromatic rings. The smallest absolute Gasteiger partial charge is 0.236 e. The van der Waals surface area contributed by atoms with E-state index in [1.165, 1.54) is 0 Å². The molecule has 3 rings (SSSR count). The normalized spacial score (nSPS) is 22.3. The van der Waals surface area contributed by atoms with Gasteiger partial charge in [0.1, 0.15) is 0 Å². The van der Waals surface area contributed by atoms with E-state index in [4.69, 9.17) is 4.74 Å². The van der Waals surface area contributed by atoms with Crippen LogP contribution in [0.25, 0.3) is 0 Å². The molecule has 0 aromatic carbocycles. The third kappa shape index (κ3) is 4.25. The van der Waals surface area contributed by atoms with Crippen LogP contribution in [-0.4, -0.2) is 59.6 Å². The van der Waals surface area contributed by atoms with Crippen LogP contribution < -0.4 is 0 Å². The van der Waals surface area contributed by atoms with Crippen molar-refractivity contribution in [2.24, 2.45) is 0 Å². The largest absolute Gasteiger partial charge is 0.377 e. The van der Waals surface area contributed by atoms with Gasteiger partial charge in [-0.05, 0) is 25.7 Å². The number of hydrogen-bond acceptors (Lipinski definition) is 5. The molecule has 2 aliphatic heterocycles. The van der Waals surface area contributed by atoms with E-state index in [0.29, 0.717) is 6.54 Å². The number of amides is 1. The van der Waals surface area contributed by atoms with Gasteiger partial charge >= 0.3 is 0 Å². The Bertz CT molecular complexity index is 440. The summed E-state index contributed by atoms with van der Waals surface area (Å²) in [5.74, 6) is 0.251. The Labute approximate surface area is 129 Å². The highest BCUT2D eigenvalue weighted by Crippen LogP contribution is 2.16. The minimum atomic E-state index is 0.251. The Morgan fingerprint density at radius 1 is 1.43 bits per heavy atom. The summed E-state index contributed by atoms with van der Waals surface area (Å²) < 4.78 is 5.73. The summed E-state index contributed by atoms with van der Waals surface area (Å²) >= 11 is 1.60. The van der Waals surface area contributed by atoms with E-state index in [9.17, 15) is 4.79 Å². The first-order valence-electron chi connectivity index (χ1n) is 7.80. The molecule has 2 saturated heterocycles. The van der Waals surface area contributed by atoms with Crippen LogP contribution in [0.1, 0.15) is 31.4 Å². The summed E-state index contributed by atoms with van der Waals surface area (Å²) in [4.78, 5) is 20.9. The maximum atomic E-state index is 12.4. The monoisotopic (exact) mass is 309 g/mol. The van der Waals surface area contributed by atoms with Gasteiger partial charge in [-0.15, -0.1) is 11.3 Å². The zero-order valence-corrected chi connectivity index (χ0v) is 13.2. The van der Waals surface area contributed by atoms with E-state index in [0.717, 1.165) is 64.2 Å². The van der Waals surface area contributed by atoms with Crippen molar-refractivity contribution >= 4 is 17.2 Å². The first-order chi connectivity index (χ1) is 10.3. The van der Waals surface area contributed by atoms with Crippen molar-refractivity contribution in [2.75, 3.05) is 32.8 Å². The molecule has 0 bridgehead atoms. The first-order valence-corrected chi connectivity index (χ1v) is 8.74. The highest BCUT2D eigenvalue weighted by Gasteiger charge is 2.24. The number of ether oxygens (including phenoxy) is 1. The van der Waals surface area contributed by atoms with E-state index in [-0.39, 0.29) is 12.0 Å². The number of likely N-dealkylation sites (tertiary alicyclic amines) is 1. The molecule has 0 saturated carbocycles. The fraction of sp³-hybridized carbons (Fsp3) is 0.733. The van der Waals surface area contributed by atoms with Crippen molar-refractivity contribution in [3.8, 4) is 0 Å². The Kier molecular flexibility index (Phi) is 5.22. The second-order valence-electron chi connectivity index (χ2n) is 5.87. The molecular weight excluding hydrogens is 286 g/mol. The topological polar surface area (TPSA) is 45.7 Å². The van der Waals surface area contributed by atoms with E-state index in [1.807, 2.05) is 10.4 Å². The number of nitrogens with zero attached hydrogens (tertiary/aromatic N) is 3. The molecule has 0 radical (unpaired) electrons. The van der Waals surface area contributed by atoms with Gasteiger partial charge in [-0.1, -0.05) is 0 Å². The number of thiazole rings is 1. The zero-order valence-electron chi connectivity index (χ0n) is 12.4. The minimum Gasteiger partial charge on any atom is -0.377 e. The maximum absolute atomic E-state index is 12.4. The lowest BCUT2D eigenvalue weighted by molar-refractivity contribution is -0.131. The quantitative estimate of drug-likeness (QED) is 0.803. The van der Waals surface area contributed by atoms with Crippen molar-refractivity contribution < 1.29 is 9.53 Å². The lowest BCUT2D eigenvalue weighted by Crippen LogP contribution is -2.41. The molecule has 0 N–H and O–H groups in total. The Morgan fingerprint density at radius 2 is 2.29 bits per heavy atom. The summed E-state index contributed by atoms with van der Waals surface area (Å²) in [6.07, 6.45) is 4.79. The molecule has 2 fully saturated rings. The second-order valence-corrected chi connectivity index (χ2v) is 6.59. The number of carbonyl (C=O) groups is 1. The molecule has 3 heterocycles. The molecule has 5 nitrogen and oxygen atoms in total. The van der Waals surface area contributed by atoms with Gasteiger partial charge in [0, 0.05) is 38.2 Å². The lowest BCUT2D eigenvalue weighted by atomic mass is 10.2. The molecule has 6 heteroatoms. The summed E-state index contributed by atoms with van der Waals surface area (Å²) in [6.45, 7) is 4.75. The van der Waals surface area contributed by atoms with Gasteiger partial charge in [0.2, 0.25) is 5.91 Å². The maximum Gasteiger partial charge on any atom is 0.236 e. The molecular formula is C15H23N3O2S. The Hall–Kier alpha value is -0.980. The van der Waals surface area contributed by atoms with Crippen LogP contribution in [0.3, 0.4) is 0 Å². The fourth-order valence-corrected chi connectivity index (χ4v) is 3.61. The Balaban J connectivity index is 1.58. The highest BCUT2D eigenvalue weighted by molar-refractivity contribution is 7.07. The predicted molar refractivity (Wildman–Crippen MR) is 82.2 cm³/mol. The van der Waals surface area contributed by atoms with Gasteiger partial charge < -0.3 is 9.64 Å². The Morgan fingerprint density at radius 3 is 2.95 bits per heavy atom. The summed E-state index contributed by atoms with van der Waals surface area (Å²) in [7, 11) is 0. The van der Waals surface area contributed by atoms with Crippen molar-refractivity contribution in [3.05, 3.63) is 16.6 Å². The summed E-state index contributed by atoms with van der Waals surface area (Å²) in [5.41, 5.74) is 2.90. The van der Waals surface area contributed by atoms with Crippen LogP contribution >= 0.6 is 11.3 Å². The summed E-state index contributed by atoms with van der Waals surface area (Å²) in [6, 6.07) is 0. The molecule has 1 aromatic heterocycles. The van der Waals surface area contributed by atoms with Crippen LogP contribution in [-0.2, 0) is 16.1 Å². The van der Waals surface area contributed by atoms with Gasteiger partial charge in [0.25, 0.3) is 0 Å². The van der Waals surface area contributed by atoms with Gasteiger partial charge in [-0.25, -0.2) is 4.98 Å². The standard InChI is InChI=1S/C15H23N3O2S/c19-15(18-5-1-2-6-18)10-17(8-13-11-21-12-16-13)9-14-4-3-7-20-14/h11-12,14H,1-10H2/t14-/m1/s1. The molecule has 0 unspecified atom stereocenters. The number of carbonyl (C=O) groups excluding carboxylic acids is 1. The fourth-order valence-electron chi connectivity index (χ4n) is 3.06. The van der Waals surface area contributed by atoms with Crippen molar-refractivity contribution in [1.82, 2.24) is 14.8 Å². The van der Waals surface area contributed by atoms with Gasteiger partial charge in [-0.2, -0.15) is 0 Å². The molecule has 0 spiro atoms.